The Morgan fingerprint density at radius 3 is 3.00 bits per heavy atom. The Labute approximate surface area is 106 Å². The second-order valence-electron chi connectivity index (χ2n) is 4.25. The molecule has 18 heavy (non-hydrogen) atoms. The molecule has 0 aliphatic heterocycles. The van der Waals surface area contributed by atoms with Crippen LogP contribution in [0.25, 0.3) is 10.9 Å². The molecule has 0 spiro atoms. The van der Waals surface area contributed by atoms with Crippen molar-refractivity contribution in [2.75, 3.05) is 0 Å². The van der Waals surface area contributed by atoms with Crippen molar-refractivity contribution in [3.05, 3.63) is 35.5 Å². The average molecular weight is 243 g/mol. The third-order valence-electron chi connectivity index (χ3n) is 2.80. The minimum atomic E-state index is -0.0498. The molecule has 4 heteroatoms. The number of amides is 1. The largest absolute Gasteiger partial charge is 0.358 e. The summed E-state index contributed by atoms with van der Waals surface area (Å²) in [5.74, 6) is -0.0498. The van der Waals surface area contributed by atoms with Crippen molar-refractivity contribution in [3.8, 4) is 0 Å². The van der Waals surface area contributed by atoms with Crippen molar-refractivity contribution >= 4 is 23.0 Å². The maximum Gasteiger partial charge on any atom is 0.240 e. The zero-order valence-electron chi connectivity index (χ0n) is 10.7. The summed E-state index contributed by atoms with van der Waals surface area (Å²) in [6.07, 6.45) is 3.03. The van der Waals surface area contributed by atoms with E-state index in [0.717, 1.165) is 28.6 Å². The fraction of sp³-hybridized carbons (Fsp3) is 0.286. The summed E-state index contributed by atoms with van der Waals surface area (Å²) in [6.45, 7) is 3.96. The molecule has 1 heterocycles. The minimum Gasteiger partial charge on any atom is -0.358 e. The molecule has 0 unspecified atom stereocenters. The number of hydrazone groups is 1. The molecular weight excluding hydrogens is 226 g/mol. The maximum atomic E-state index is 11.3. The molecule has 0 aliphatic carbocycles. The van der Waals surface area contributed by atoms with Gasteiger partial charge >= 0.3 is 0 Å². The van der Waals surface area contributed by atoms with Gasteiger partial charge in [0.2, 0.25) is 5.91 Å². The van der Waals surface area contributed by atoms with Gasteiger partial charge < -0.3 is 4.98 Å². The second-order valence-corrected chi connectivity index (χ2v) is 4.25. The lowest BCUT2D eigenvalue weighted by Crippen LogP contribution is -2.16. The van der Waals surface area contributed by atoms with Crippen LogP contribution in [0, 0.1) is 6.92 Å². The summed E-state index contributed by atoms with van der Waals surface area (Å²) in [6, 6.07) is 8.04. The summed E-state index contributed by atoms with van der Waals surface area (Å²) in [7, 11) is 0. The predicted molar refractivity (Wildman–Crippen MR) is 73.7 cm³/mol. The number of hydrogen-bond donors (Lipinski definition) is 2. The Morgan fingerprint density at radius 1 is 1.44 bits per heavy atom. The third-order valence-corrected chi connectivity index (χ3v) is 2.80. The van der Waals surface area contributed by atoms with Crippen LogP contribution in [-0.4, -0.2) is 17.1 Å². The van der Waals surface area contributed by atoms with Crippen LogP contribution in [0.5, 0.6) is 0 Å². The summed E-state index contributed by atoms with van der Waals surface area (Å²) < 4.78 is 0. The molecular formula is C14H17N3O. The number of rotatable bonds is 4. The van der Waals surface area contributed by atoms with E-state index in [9.17, 15) is 4.79 Å². The van der Waals surface area contributed by atoms with Crippen molar-refractivity contribution < 1.29 is 4.79 Å². The Bertz CT molecular complexity index is 584. The monoisotopic (exact) mass is 243 g/mol. The SMILES string of the molecule is CCCC(=O)NN=Cc1c(C)[nH]c2ccccc12. The number of hydrogen-bond acceptors (Lipinski definition) is 2. The molecule has 0 atom stereocenters. The molecule has 1 aromatic carbocycles. The molecule has 1 aromatic heterocycles. The quantitative estimate of drug-likeness (QED) is 0.629. The molecule has 4 nitrogen and oxygen atoms in total. The molecule has 0 bridgehead atoms. The highest BCUT2D eigenvalue weighted by molar-refractivity contribution is 6.00. The highest BCUT2D eigenvalue weighted by atomic mass is 16.2. The lowest BCUT2D eigenvalue weighted by molar-refractivity contribution is -0.121. The van der Waals surface area contributed by atoms with Gasteiger partial charge in [0, 0.05) is 28.6 Å². The molecule has 0 radical (unpaired) electrons. The van der Waals surface area contributed by atoms with Crippen LogP contribution in [0.4, 0.5) is 0 Å². The van der Waals surface area contributed by atoms with Crippen molar-refractivity contribution in [2.45, 2.75) is 26.7 Å². The van der Waals surface area contributed by atoms with Crippen LogP contribution < -0.4 is 5.43 Å². The minimum absolute atomic E-state index is 0.0498. The number of aromatic nitrogens is 1. The number of benzene rings is 1. The van der Waals surface area contributed by atoms with Crippen LogP contribution >= 0.6 is 0 Å². The lowest BCUT2D eigenvalue weighted by Gasteiger charge is -1.96. The van der Waals surface area contributed by atoms with E-state index in [-0.39, 0.29) is 5.91 Å². The fourth-order valence-electron chi connectivity index (χ4n) is 1.92. The Kier molecular flexibility index (Phi) is 3.77. The normalized spacial score (nSPS) is 11.2. The van der Waals surface area contributed by atoms with Crippen LogP contribution in [-0.2, 0) is 4.79 Å². The van der Waals surface area contributed by atoms with E-state index in [0.29, 0.717) is 6.42 Å². The van der Waals surface area contributed by atoms with Crippen molar-refractivity contribution in [2.24, 2.45) is 5.10 Å². The first kappa shape index (κ1) is 12.4. The lowest BCUT2D eigenvalue weighted by atomic mass is 10.1. The van der Waals surface area contributed by atoms with Gasteiger partial charge in [-0.05, 0) is 19.4 Å². The number of carbonyl (C=O) groups excluding carboxylic acids is 1. The van der Waals surface area contributed by atoms with Gasteiger partial charge in [-0.2, -0.15) is 5.10 Å². The van der Waals surface area contributed by atoms with Crippen molar-refractivity contribution in [1.29, 1.82) is 0 Å². The Morgan fingerprint density at radius 2 is 2.22 bits per heavy atom. The highest BCUT2D eigenvalue weighted by Crippen LogP contribution is 2.19. The molecule has 0 fully saturated rings. The van der Waals surface area contributed by atoms with E-state index in [1.807, 2.05) is 38.1 Å². The Balaban J connectivity index is 2.18. The topological polar surface area (TPSA) is 57.2 Å². The molecule has 2 rings (SSSR count). The van der Waals surface area contributed by atoms with Crippen LogP contribution in [0.1, 0.15) is 31.0 Å². The van der Waals surface area contributed by atoms with Gasteiger partial charge in [0.05, 0.1) is 6.21 Å². The highest BCUT2D eigenvalue weighted by Gasteiger charge is 2.05. The fourth-order valence-corrected chi connectivity index (χ4v) is 1.92. The third kappa shape index (κ3) is 2.59. The predicted octanol–water partition coefficient (Wildman–Crippen LogP) is 2.73. The zero-order valence-corrected chi connectivity index (χ0v) is 10.7. The van der Waals surface area contributed by atoms with Crippen molar-refractivity contribution in [1.82, 2.24) is 10.4 Å². The number of fused-ring (bicyclic) bond motifs is 1. The number of aryl methyl sites for hydroxylation is 1. The van der Waals surface area contributed by atoms with Gasteiger partial charge in [0.15, 0.2) is 0 Å². The van der Waals surface area contributed by atoms with Crippen LogP contribution in [0.2, 0.25) is 0 Å². The molecule has 2 N–H and O–H groups in total. The summed E-state index contributed by atoms with van der Waals surface area (Å²) in [4.78, 5) is 14.6. The van der Waals surface area contributed by atoms with Gasteiger partial charge in [-0.1, -0.05) is 25.1 Å². The molecule has 2 aromatic rings. The van der Waals surface area contributed by atoms with E-state index in [1.165, 1.54) is 0 Å². The van der Waals surface area contributed by atoms with Gasteiger partial charge in [0.1, 0.15) is 0 Å². The molecule has 0 saturated carbocycles. The average Bonchev–Trinajstić information content (AvgIpc) is 2.66. The smallest absolute Gasteiger partial charge is 0.240 e. The zero-order chi connectivity index (χ0) is 13.0. The molecule has 0 saturated heterocycles. The first-order chi connectivity index (χ1) is 8.72. The number of nitrogens with one attached hydrogen (secondary N) is 2. The summed E-state index contributed by atoms with van der Waals surface area (Å²) in [5, 5.41) is 5.11. The molecule has 1 amide bonds. The number of carbonyl (C=O) groups is 1. The van der Waals surface area contributed by atoms with Crippen LogP contribution in [0.3, 0.4) is 0 Å². The standard InChI is InChI=1S/C14H17N3O/c1-3-6-14(18)17-15-9-12-10(2)16-13-8-5-4-7-11(12)13/h4-5,7-9,16H,3,6H2,1-2H3,(H,17,18). The molecule has 94 valence electrons. The summed E-state index contributed by atoms with van der Waals surface area (Å²) >= 11 is 0. The number of H-pyrrole nitrogens is 1. The first-order valence-corrected chi connectivity index (χ1v) is 6.11. The van der Waals surface area contributed by atoms with Gasteiger partial charge in [-0.15, -0.1) is 0 Å². The Hall–Kier alpha value is -2.10. The van der Waals surface area contributed by atoms with E-state index in [1.54, 1.807) is 6.21 Å². The number of aromatic amines is 1. The first-order valence-electron chi connectivity index (χ1n) is 6.11. The number of nitrogens with zero attached hydrogens (tertiary/aromatic N) is 1. The van der Waals surface area contributed by atoms with E-state index in [2.05, 4.69) is 15.5 Å². The van der Waals surface area contributed by atoms with Crippen LogP contribution in [0.15, 0.2) is 29.4 Å². The van der Waals surface area contributed by atoms with Gasteiger partial charge in [0.25, 0.3) is 0 Å². The van der Waals surface area contributed by atoms with Gasteiger partial charge in [-0.25, -0.2) is 5.43 Å². The van der Waals surface area contributed by atoms with E-state index in [4.69, 9.17) is 0 Å². The number of para-hydroxylation sites is 1. The second kappa shape index (κ2) is 5.49. The molecule has 0 aliphatic rings. The van der Waals surface area contributed by atoms with E-state index < -0.39 is 0 Å². The van der Waals surface area contributed by atoms with Crippen molar-refractivity contribution in [3.63, 3.8) is 0 Å². The van der Waals surface area contributed by atoms with E-state index >= 15 is 0 Å². The van der Waals surface area contributed by atoms with Gasteiger partial charge in [-0.3, -0.25) is 4.79 Å². The maximum absolute atomic E-state index is 11.3. The summed E-state index contributed by atoms with van der Waals surface area (Å²) in [5.41, 5.74) is 5.67.